The van der Waals surface area contributed by atoms with E-state index in [4.69, 9.17) is 0 Å². The number of carbonyl (C=O) groups excluding carboxylic acids is 1. The second-order valence-electron chi connectivity index (χ2n) is 1.65. The van der Waals surface area contributed by atoms with Gasteiger partial charge in [-0.05, 0) is 0 Å². The first-order valence-corrected chi connectivity index (χ1v) is 3.50. The SMILES string of the molecule is CC(F)(F)C(=O)OS(=O)(=O)F. The van der Waals surface area contributed by atoms with Crippen LogP contribution in [0.5, 0.6) is 0 Å². The third kappa shape index (κ3) is 4.59. The zero-order chi connectivity index (χ0) is 9.28. The van der Waals surface area contributed by atoms with Crippen LogP contribution in [0.1, 0.15) is 6.92 Å². The number of alkyl halides is 2. The molecule has 0 radical (unpaired) electrons. The average molecular weight is 192 g/mol. The normalized spacial score (nSPS) is 12.7. The first kappa shape index (κ1) is 10.2. The highest BCUT2D eigenvalue weighted by molar-refractivity contribution is 7.81. The summed E-state index contributed by atoms with van der Waals surface area (Å²) in [5.74, 6) is -6.46. The highest BCUT2D eigenvalue weighted by Gasteiger charge is 2.37. The third-order valence-electron chi connectivity index (χ3n) is 0.534. The monoisotopic (exact) mass is 192 g/mol. The molecule has 0 aliphatic carbocycles. The standard InChI is InChI=1S/C3H3F3O4S/c1-3(4,5)2(7)10-11(6,8)9/h1H3. The molecular weight excluding hydrogens is 189 g/mol. The minimum atomic E-state index is -5.64. The lowest BCUT2D eigenvalue weighted by molar-refractivity contribution is -0.158. The molecule has 0 unspecified atom stereocenters. The summed E-state index contributed by atoms with van der Waals surface area (Å²) in [4.78, 5) is 9.89. The van der Waals surface area contributed by atoms with Crippen LogP contribution in [0.2, 0.25) is 0 Å². The van der Waals surface area contributed by atoms with Gasteiger partial charge in [-0.15, -0.1) is 0 Å². The van der Waals surface area contributed by atoms with E-state index in [0.29, 0.717) is 0 Å². The molecule has 0 atom stereocenters. The maximum Gasteiger partial charge on any atom is 0.491 e. The fourth-order valence-corrected chi connectivity index (χ4v) is 0.491. The molecule has 0 aromatic carbocycles. The number of hydrogen-bond donors (Lipinski definition) is 0. The molecule has 11 heavy (non-hydrogen) atoms. The van der Waals surface area contributed by atoms with Gasteiger partial charge < -0.3 is 4.18 Å². The summed E-state index contributed by atoms with van der Waals surface area (Å²) in [6.07, 6.45) is 0. The lowest BCUT2D eigenvalue weighted by atomic mass is 10.4. The van der Waals surface area contributed by atoms with Gasteiger partial charge in [0.05, 0.1) is 0 Å². The van der Waals surface area contributed by atoms with E-state index in [1.54, 1.807) is 0 Å². The molecule has 0 rings (SSSR count). The molecule has 0 N–H and O–H groups in total. The molecule has 0 bridgehead atoms. The van der Waals surface area contributed by atoms with Gasteiger partial charge in [-0.3, -0.25) is 0 Å². The molecule has 0 spiro atoms. The molecule has 0 aliphatic heterocycles. The molecule has 0 fully saturated rings. The zero-order valence-electron chi connectivity index (χ0n) is 5.18. The molecule has 0 saturated heterocycles. The minimum absolute atomic E-state index is 0.0838. The predicted octanol–water partition coefficient (Wildman–Crippen LogP) is 0.399. The van der Waals surface area contributed by atoms with E-state index in [2.05, 4.69) is 4.18 Å². The molecule has 4 nitrogen and oxygen atoms in total. The molecule has 66 valence electrons. The predicted molar refractivity (Wildman–Crippen MR) is 26.7 cm³/mol. The van der Waals surface area contributed by atoms with Gasteiger partial charge in [0.2, 0.25) is 0 Å². The second kappa shape index (κ2) is 2.68. The Morgan fingerprint density at radius 2 is 1.82 bits per heavy atom. The van der Waals surface area contributed by atoms with Crippen LogP contribution >= 0.6 is 0 Å². The summed E-state index contributed by atoms with van der Waals surface area (Å²) in [7, 11) is -5.64. The molecule has 0 heterocycles. The van der Waals surface area contributed by atoms with E-state index in [9.17, 15) is 25.9 Å². The Balaban J connectivity index is 4.35. The van der Waals surface area contributed by atoms with Crippen LogP contribution in [0.4, 0.5) is 12.7 Å². The molecule has 0 aromatic heterocycles. The van der Waals surface area contributed by atoms with Crippen molar-refractivity contribution in [2.24, 2.45) is 0 Å². The van der Waals surface area contributed by atoms with Gasteiger partial charge in [0.25, 0.3) is 0 Å². The van der Waals surface area contributed by atoms with Crippen molar-refractivity contribution in [3.63, 3.8) is 0 Å². The van der Waals surface area contributed by atoms with Crippen molar-refractivity contribution in [2.75, 3.05) is 0 Å². The quantitative estimate of drug-likeness (QED) is 0.594. The number of rotatable bonds is 2. The van der Waals surface area contributed by atoms with Gasteiger partial charge in [0, 0.05) is 6.92 Å². The Hall–Kier alpha value is -0.790. The van der Waals surface area contributed by atoms with Gasteiger partial charge in [-0.1, -0.05) is 3.89 Å². The summed E-state index contributed by atoms with van der Waals surface area (Å²) in [5, 5.41) is 0. The summed E-state index contributed by atoms with van der Waals surface area (Å²) >= 11 is 0. The van der Waals surface area contributed by atoms with Crippen molar-refractivity contribution in [1.29, 1.82) is 0 Å². The maximum absolute atomic E-state index is 11.7. The Morgan fingerprint density at radius 3 is 1.91 bits per heavy atom. The van der Waals surface area contributed by atoms with Crippen LogP contribution in [0, 0.1) is 0 Å². The molecule has 0 aromatic rings. The molecule has 8 heteroatoms. The van der Waals surface area contributed by atoms with Gasteiger partial charge >= 0.3 is 22.4 Å². The van der Waals surface area contributed by atoms with Gasteiger partial charge in [0.1, 0.15) is 0 Å². The molecule has 0 saturated carbocycles. The van der Waals surface area contributed by atoms with Crippen LogP contribution in [0.15, 0.2) is 0 Å². The first-order chi connectivity index (χ1) is 4.63. The van der Waals surface area contributed by atoms with Crippen LogP contribution in [0.3, 0.4) is 0 Å². The van der Waals surface area contributed by atoms with Gasteiger partial charge in [0.15, 0.2) is 0 Å². The van der Waals surface area contributed by atoms with E-state index in [0.717, 1.165) is 0 Å². The number of hydrogen-bond acceptors (Lipinski definition) is 4. The Morgan fingerprint density at radius 1 is 1.45 bits per heavy atom. The highest BCUT2D eigenvalue weighted by atomic mass is 32.3. The Kier molecular flexibility index (Phi) is 2.49. The van der Waals surface area contributed by atoms with Gasteiger partial charge in [-0.2, -0.15) is 17.2 Å². The third-order valence-corrected chi connectivity index (χ3v) is 0.884. The Labute approximate surface area is 60.4 Å². The molecule has 0 amide bonds. The largest absolute Gasteiger partial charge is 0.491 e. The van der Waals surface area contributed by atoms with E-state index >= 15 is 0 Å². The van der Waals surface area contributed by atoms with E-state index in [1.807, 2.05) is 0 Å². The van der Waals surface area contributed by atoms with E-state index in [-0.39, 0.29) is 6.92 Å². The fraction of sp³-hybridized carbons (Fsp3) is 0.667. The van der Waals surface area contributed by atoms with Crippen LogP contribution in [-0.2, 0) is 19.5 Å². The minimum Gasteiger partial charge on any atom is -0.315 e. The lowest BCUT2D eigenvalue weighted by Crippen LogP contribution is -2.28. The van der Waals surface area contributed by atoms with Crippen molar-refractivity contribution in [2.45, 2.75) is 12.8 Å². The smallest absolute Gasteiger partial charge is 0.315 e. The average Bonchev–Trinajstić information content (AvgIpc) is 1.56. The van der Waals surface area contributed by atoms with E-state index < -0.39 is 22.4 Å². The van der Waals surface area contributed by atoms with Crippen LogP contribution < -0.4 is 0 Å². The van der Waals surface area contributed by atoms with Crippen molar-refractivity contribution in [3.05, 3.63) is 0 Å². The zero-order valence-corrected chi connectivity index (χ0v) is 5.99. The first-order valence-electron chi connectivity index (χ1n) is 2.19. The van der Waals surface area contributed by atoms with Crippen LogP contribution in [0.25, 0.3) is 0 Å². The highest BCUT2D eigenvalue weighted by Crippen LogP contribution is 2.15. The number of carbonyl (C=O) groups is 1. The van der Waals surface area contributed by atoms with Crippen molar-refractivity contribution < 1.29 is 30.1 Å². The van der Waals surface area contributed by atoms with Crippen molar-refractivity contribution in [3.8, 4) is 0 Å². The summed E-state index contributed by atoms with van der Waals surface area (Å²) in [5.41, 5.74) is 0. The summed E-state index contributed by atoms with van der Waals surface area (Å²) in [6.45, 7) is 0.0838. The fourth-order valence-electron chi connectivity index (χ4n) is 0.164. The summed E-state index contributed by atoms with van der Waals surface area (Å²) in [6, 6.07) is 0. The second-order valence-corrected chi connectivity index (χ2v) is 2.61. The van der Waals surface area contributed by atoms with Crippen molar-refractivity contribution >= 4 is 16.5 Å². The molecular formula is C3H3F3O4S. The molecule has 0 aliphatic rings. The topological polar surface area (TPSA) is 60.4 Å². The Bertz CT molecular complexity index is 250. The summed E-state index contributed by atoms with van der Waals surface area (Å²) < 4.78 is 56.5. The van der Waals surface area contributed by atoms with Gasteiger partial charge in [-0.25, -0.2) is 4.79 Å². The van der Waals surface area contributed by atoms with Crippen LogP contribution in [-0.4, -0.2) is 20.3 Å². The van der Waals surface area contributed by atoms with E-state index in [1.165, 1.54) is 0 Å². The maximum atomic E-state index is 11.7. The van der Waals surface area contributed by atoms with Crippen molar-refractivity contribution in [1.82, 2.24) is 0 Å². The number of halogens is 3. The lowest BCUT2D eigenvalue weighted by Gasteiger charge is -2.04.